The lowest BCUT2D eigenvalue weighted by atomic mass is 10.0. The van der Waals surface area contributed by atoms with Crippen molar-refractivity contribution in [2.75, 3.05) is 12.0 Å². The number of carbonyl (C=O) groups is 5. The van der Waals surface area contributed by atoms with E-state index in [1.807, 2.05) is 20.1 Å². The number of amides is 4. The maximum atomic E-state index is 12.8. The third-order valence-corrected chi connectivity index (χ3v) is 5.03. The van der Waals surface area contributed by atoms with Crippen LogP contribution in [0.2, 0.25) is 0 Å². The van der Waals surface area contributed by atoms with Crippen LogP contribution in [-0.2, 0) is 24.0 Å². The van der Waals surface area contributed by atoms with Gasteiger partial charge in [-0.2, -0.15) is 11.8 Å². The van der Waals surface area contributed by atoms with Crippen molar-refractivity contribution >= 4 is 41.4 Å². The number of carboxylic acids is 1. The third kappa shape index (κ3) is 11.3. The van der Waals surface area contributed by atoms with Crippen LogP contribution in [-0.4, -0.2) is 82.1 Å². The van der Waals surface area contributed by atoms with Gasteiger partial charge in [0.1, 0.15) is 12.1 Å². The molecule has 5 atom stereocenters. The van der Waals surface area contributed by atoms with Crippen molar-refractivity contribution in [2.24, 2.45) is 17.4 Å². The van der Waals surface area contributed by atoms with Crippen molar-refractivity contribution in [3.63, 3.8) is 0 Å². The molecule has 13 heteroatoms. The predicted molar refractivity (Wildman–Crippen MR) is 119 cm³/mol. The number of hydrogen-bond acceptors (Lipinski definition) is 8. The minimum Gasteiger partial charge on any atom is -0.480 e. The summed E-state index contributed by atoms with van der Waals surface area (Å²) in [5.74, 6) is -4.05. The molecule has 0 aliphatic heterocycles. The molecule has 0 unspecified atom stereocenters. The van der Waals surface area contributed by atoms with Crippen LogP contribution in [0.5, 0.6) is 0 Å². The van der Waals surface area contributed by atoms with Crippen LogP contribution in [0.4, 0.5) is 0 Å². The predicted octanol–water partition coefficient (Wildman–Crippen LogP) is -2.09. The van der Waals surface area contributed by atoms with Gasteiger partial charge in [-0.3, -0.25) is 19.2 Å². The van der Waals surface area contributed by atoms with Gasteiger partial charge in [-0.25, -0.2) is 4.79 Å². The molecule has 0 bridgehead atoms. The standard InChI is InChI=1S/C19H35N5O7S/c1-9(2)7-11(20)16(27)22-12(5-6-32-4)17(28)23-13(8-14(21)26)18(29)24-15(10(3)25)19(30)31/h9-13,15,25H,5-8,20H2,1-4H3,(H2,21,26)(H,22,27)(H,23,28)(H,24,29)(H,30,31)/t10-,11+,12+,13+,15+/m1/s1. The van der Waals surface area contributed by atoms with Gasteiger partial charge in [0.25, 0.3) is 0 Å². The summed E-state index contributed by atoms with van der Waals surface area (Å²) >= 11 is 1.44. The maximum Gasteiger partial charge on any atom is 0.328 e. The number of hydrogen-bond donors (Lipinski definition) is 7. The smallest absolute Gasteiger partial charge is 0.328 e. The molecule has 0 aromatic heterocycles. The fourth-order valence-corrected chi connectivity index (χ4v) is 3.19. The van der Waals surface area contributed by atoms with Crippen molar-refractivity contribution in [3.05, 3.63) is 0 Å². The summed E-state index contributed by atoms with van der Waals surface area (Å²) < 4.78 is 0. The number of nitrogens with two attached hydrogens (primary N) is 2. The first-order chi connectivity index (χ1) is 14.8. The number of aliphatic hydroxyl groups is 1. The van der Waals surface area contributed by atoms with Gasteiger partial charge in [0.15, 0.2) is 6.04 Å². The topological polar surface area (TPSA) is 214 Å². The minimum atomic E-state index is -1.66. The minimum absolute atomic E-state index is 0.161. The molecule has 9 N–H and O–H groups in total. The lowest BCUT2D eigenvalue weighted by Gasteiger charge is -2.25. The molecule has 0 spiro atoms. The number of carboxylic acid groups (broad SMARTS) is 1. The summed E-state index contributed by atoms with van der Waals surface area (Å²) in [5, 5.41) is 25.6. The number of primary amides is 1. The summed E-state index contributed by atoms with van der Waals surface area (Å²) in [4.78, 5) is 60.3. The molecule has 0 aromatic carbocycles. The van der Waals surface area contributed by atoms with Gasteiger partial charge < -0.3 is 37.6 Å². The van der Waals surface area contributed by atoms with Gasteiger partial charge in [0.05, 0.1) is 18.6 Å². The number of carbonyl (C=O) groups excluding carboxylic acids is 4. The Morgan fingerprint density at radius 3 is 1.91 bits per heavy atom. The Morgan fingerprint density at radius 2 is 1.47 bits per heavy atom. The summed E-state index contributed by atoms with van der Waals surface area (Å²) in [6.45, 7) is 4.96. The van der Waals surface area contributed by atoms with E-state index in [4.69, 9.17) is 16.6 Å². The Morgan fingerprint density at radius 1 is 0.938 bits per heavy atom. The second kappa shape index (κ2) is 14.6. The van der Waals surface area contributed by atoms with Crippen LogP contribution in [0, 0.1) is 5.92 Å². The highest BCUT2D eigenvalue weighted by Crippen LogP contribution is 2.07. The van der Waals surface area contributed by atoms with Crippen LogP contribution in [0.15, 0.2) is 0 Å². The van der Waals surface area contributed by atoms with E-state index >= 15 is 0 Å². The molecule has 0 radical (unpaired) electrons. The highest BCUT2D eigenvalue weighted by molar-refractivity contribution is 7.98. The molecule has 12 nitrogen and oxygen atoms in total. The van der Waals surface area contributed by atoms with E-state index in [1.165, 1.54) is 11.8 Å². The van der Waals surface area contributed by atoms with Gasteiger partial charge in [-0.15, -0.1) is 0 Å². The summed E-state index contributed by atoms with van der Waals surface area (Å²) in [7, 11) is 0. The van der Waals surface area contributed by atoms with E-state index in [2.05, 4.69) is 16.0 Å². The first-order valence-corrected chi connectivity index (χ1v) is 11.5. The van der Waals surface area contributed by atoms with Crippen molar-refractivity contribution < 1.29 is 34.2 Å². The molecule has 0 fully saturated rings. The molecular formula is C19H35N5O7S. The molecule has 0 aliphatic carbocycles. The first kappa shape index (κ1) is 29.6. The van der Waals surface area contributed by atoms with Crippen LogP contribution in [0.1, 0.15) is 40.0 Å². The quantitative estimate of drug-likeness (QED) is 0.137. The Bertz CT molecular complexity index is 674. The van der Waals surface area contributed by atoms with E-state index in [9.17, 15) is 29.1 Å². The fourth-order valence-electron chi connectivity index (χ4n) is 2.72. The Labute approximate surface area is 191 Å². The number of rotatable bonds is 15. The average Bonchev–Trinajstić information content (AvgIpc) is 2.66. The van der Waals surface area contributed by atoms with Crippen molar-refractivity contribution in [2.45, 2.75) is 70.3 Å². The molecular weight excluding hydrogens is 442 g/mol. The van der Waals surface area contributed by atoms with Gasteiger partial charge >= 0.3 is 5.97 Å². The average molecular weight is 478 g/mol. The Kier molecular flexibility index (Phi) is 13.5. The molecule has 0 rings (SSSR count). The Balaban J connectivity index is 5.46. The van der Waals surface area contributed by atoms with Crippen molar-refractivity contribution in [3.8, 4) is 0 Å². The molecule has 32 heavy (non-hydrogen) atoms. The van der Waals surface area contributed by atoms with Crippen LogP contribution in [0.3, 0.4) is 0 Å². The maximum absolute atomic E-state index is 12.8. The second-order valence-electron chi connectivity index (χ2n) is 7.88. The molecule has 0 saturated carbocycles. The molecule has 0 aliphatic rings. The number of aliphatic hydroxyl groups excluding tert-OH is 1. The van der Waals surface area contributed by atoms with Gasteiger partial charge in [0, 0.05) is 0 Å². The number of nitrogens with one attached hydrogen (secondary N) is 3. The van der Waals surface area contributed by atoms with Gasteiger partial charge in [0.2, 0.25) is 23.6 Å². The second-order valence-corrected chi connectivity index (χ2v) is 8.86. The molecule has 0 aromatic rings. The van der Waals surface area contributed by atoms with Crippen LogP contribution >= 0.6 is 11.8 Å². The molecule has 184 valence electrons. The van der Waals surface area contributed by atoms with Gasteiger partial charge in [-0.05, 0) is 37.7 Å². The van der Waals surface area contributed by atoms with E-state index in [0.717, 1.165) is 6.92 Å². The largest absolute Gasteiger partial charge is 0.480 e. The highest BCUT2D eigenvalue weighted by Gasteiger charge is 2.32. The van der Waals surface area contributed by atoms with Crippen LogP contribution < -0.4 is 27.4 Å². The Hall–Kier alpha value is -2.38. The van der Waals surface area contributed by atoms with Gasteiger partial charge in [-0.1, -0.05) is 13.8 Å². The third-order valence-electron chi connectivity index (χ3n) is 4.39. The summed E-state index contributed by atoms with van der Waals surface area (Å²) in [6, 6.07) is -5.02. The lowest BCUT2D eigenvalue weighted by Crippen LogP contribution is -2.59. The van der Waals surface area contributed by atoms with E-state index in [0.29, 0.717) is 12.2 Å². The SMILES string of the molecule is CSCC[C@H](NC(=O)[C@@H](N)CC(C)C)C(=O)N[C@@H](CC(N)=O)C(=O)N[C@H](C(=O)O)[C@@H](C)O. The molecule has 0 heterocycles. The zero-order valence-electron chi connectivity index (χ0n) is 18.8. The van der Waals surface area contributed by atoms with Crippen LogP contribution in [0.25, 0.3) is 0 Å². The number of aliphatic carboxylic acids is 1. The van der Waals surface area contributed by atoms with Crippen molar-refractivity contribution in [1.29, 1.82) is 0 Å². The zero-order chi connectivity index (χ0) is 25.0. The number of thioether (sulfide) groups is 1. The van der Waals surface area contributed by atoms with Crippen molar-refractivity contribution in [1.82, 2.24) is 16.0 Å². The highest BCUT2D eigenvalue weighted by atomic mass is 32.2. The van der Waals surface area contributed by atoms with E-state index in [1.54, 1.807) is 0 Å². The monoisotopic (exact) mass is 477 g/mol. The molecule has 0 saturated heterocycles. The van der Waals surface area contributed by atoms with E-state index in [-0.39, 0.29) is 12.3 Å². The normalized spacial score (nSPS) is 15.7. The summed E-state index contributed by atoms with van der Waals surface area (Å²) in [5.41, 5.74) is 11.0. The van der Waals surface area contributed by atoms with E-state index < -0.39 is 66.3 Å². The summed E-state index contributed by atoms with van der Waals surface area (Å²) in [6.07, 6.45) is 0.402. The zero-order valence-corrected chi connectivity index (χ0v) is 19.6. The first-order valence-electron chi connectivity index (χ1n) is 10.1. The molecule has 4 amide bonds. The fraction of sp³-hybridized carbons (Fsp3) is 0.737. The lowest BCUT2D eigenvalue weighted by molar-refractivity contribution is -0.145.